The van der Waals surface area contributed by atoms with Crippen LogP contribution < -0.4 is 9.29 Å². The molecular formula is C10H9N2O4S2+. The van der Waals surface area contributed by atoms with Crippen molar-refractivity contribution < 1.29 is 22.9 Å². The van der Waals surface area contributed by atoms with Gasteiger partial charge in [0.15, 0.2) is 0 Å². The summed E-state index contributed by atoms with van der Waals surface area (Å²) in [6, 6.07) is 4.79. The van der Waals surface area contributed by atoms with Crippen molar-refractivity contribution in [2.75, 3.05) is 10.5 Å². The number of nitrogens with zero attached hydrogens (tertiary/aromatic N) is 1. The maximum Gasteiger partial charge on any atom is 0.350 e. The van der Waals surface area contributed by atoms with Crippen molar-refractivity contribution >= 4 is 42.7 Å². The molecule has 0 amide bonds. The molecule has 0 saturated heterocycles. The van der Waals surface area contributed by atoms with Gasteiger partial charge in [0.2, 0.25) is 0 Å². The molecule has 1 aromatic heterocycles. The van der Waals surface area contributed by atoms with Crippen LogP contribution in [0.25, 0.3) is 10.2 Å². The van der Waals surface area contributed by atoms with Gasteiger partial charge in [-0.25, -0.2) is 9.36 Å². The Hall–Kier alpha value is -1.67. The Morgan fingerprint density at radius 1 is 1.44 bits per heavy atom. The standard InChI is InChI=1S/C10H8N2O4S2/c13-9(14)6-1-2-7-8(5-6)17-10-11-18(15,16)4-3-12(7)10/h1-2,5H,3-4H2,(H,13,14)/p+1. The van der Waals surface area contributed by atoms with Crippen LogP contribution in [0.15, 0.2) is 18.2 Å². The summed E-state index contributed by atoms with van der Waals surface area (Å²) < 4.78 is 28.0. The minimum Gasteiger partial charge on any atom is -0.478 e. The van der Waals surface area contributed by atoms with Crippen molar-refractivity contribution in [3.05, 3.63) is 23.8 Å². The second-order valence-corrected chi connectivity index (χ2v) is 6.84. The van der Waals surface area contributed by atoms with Crippen LogP contribution in [0.2, 0.25) is 0 Å². The summed E-state index contributed by atoms with van der Waals surface area (Å²) in [6.07, 6.45) is 0. The van der Waals surface area contributed by atoms with Gasteiger partial charge in [-0.1, -0.05) is 0 Å². The number of aromatic carboxylic acids is 1. The summed E-state index contributed by atoms with van der Waals surface area (Å²) in [4.78, 5) is 10.9. The number of hydrogen-bond donors (Lipinski definition) is 2. The van der Waals surface area contributed by atoms with Crippen LogP contribution in [0.1, 0.15) is 10.4 Å². The van der Waals surface area contributed by atoms with Crippen molar-refractivity contribution in [3.63, 3.8) is 0 Å². The van der Waals surface area contributed by atoms with E-state index in [9.17, 15) is 13.2 Å². The van der Waals surface area contributed by atoms with E-state index in [1.165, 1.54) is 17.4 Å². The molecule has 0 unspecified atom stereocenters. The lowest BCUT2D eigenvalue weighted by molar-refractivity contribution is -0.649. The van der Waals surface area contributed by atoms with E-state index in [0.717, 1.165) is 10.2 Å². The van der Waals surface area contributed by atoms with E-state index in [1.54, 1.807) is 12.1 Å². The van der Waals surface area contributed by atoms with Crippen LogP contribution in [0.3, 0.4) is 0 Å². The van der Waals surface area contributed by atoms with E-state index in [1.807, 2.05) is 4.57 Å². The van der Waals surface area contributed by atoms with E-state index >= 15 is 0 Å². The van der Waals surface area contributed by atoms with E-state index in [4.69, 9.17) is 5.11 Å². The molecule has 1 aliphatic heterocycles. The van der Waals surface area contributed by atoms with Crippen LogP contribution >= 0.6 is 11.3 Å². The van der Waals surface area contributed by atoms with Crippen LogP contribution in [-0.2, 0) is 16.6 Å². The number of carbonyl (C=O) groups is 1. The molecule has 2 heterocycles. The minimum absolute atomic E-state index is 0.0389. The van der Waals surface area contributed by atoms with Gasteiger partial charge in [0, 0.05) is 0 Å². The molecule has 0 radical (unpaired) electrons. The van der Waals surface area contributed by atoms with E-state index in [0.29, 0.717) is 11.7 Å². The summed E-state index contributed by atoms with van der Waals surface area (Å²) in [5, 5.41) is 9.44. The fraction of sp³-hybridized carbons (Fsp3) is 0.200. The Kier molecular flexibility index (Phi) is 2.32. The van der Waals surface area contributed by atoms with Crippen LogP contribution in [0, 0.1) is 0 Å². The van der Waals surface area contributed by atoms with Gasteiger partial charge >= 0.3 is 21.1 Å². The van der Waals surface area contributed by atoms with Crippen LogP contribution in [0.5, 0.6) is 0 Å². The number of anilines is 1. The first-order valence-corrected chi connectivity index (χ1v) is 7.63. The molecule has 6 nitrogen and oxygen atoms in total. The van der Waals surface area contributed by atoms with Gasteiger partial charge in [-0.3, -0.25) is 0 Å². The quantitative estimate of drug-likeness (QED) is 0.753. The highest BCUT2D eigenvalue weighted by molar-refractivity contribution is 7.92. The molecule has 18 heavy (non-hydrogen) atoms. The molecule has 3 rings (SSSR count). The van der Waals surface area contributed by atoms with Gasteiger partial charge < -0.3 is 5.11 Å². The topological polar surface area (TPSA) is 87.3 Å². The smallest absolute Gasteiger partial charge is 0.350 e. The highest BCUT2D eigenvalue weighted by Crippen LogP contribution is 2.27. The number of benzene rings is 1. The second kappa shape index (κ2) is 3.66. The molecule has 0 fully saturated rings. The molecule has 94 valence electrons. The number of hydrogen-bond acceptors (Lipinski definition) is 4. The number of carboxylic acids is 1. The maximum absolute atomic E-state index is 11.5. The van der Waals surface area contributed by atoms with Gasteiger partial charge in [-0.2, -0.15) is 13.1 Å². The molecule has 0 bridgehead atoms. The highest BCUT2D eigenvalue weighted by atomic mass is 32.2. The molecule has 2 N–H and O–H groups in total. The predicted octanol–water partition coefficient (Wildman–Crippen LogP) is 0.642. The molecule has 8 heteroatoms. The average molecular weight is 285 g/mol. The first-order valence-electron chi connectivity index (χ1n) is 5.16. The summed E-state index contributed by atoms with van der Waals surface area (Å²) in [5.41, 5.74) is 1.05. The van der Waals surface area contributed by atoms with E-state index < -0.39 is 16.0 Å². The summed E-state index contributed by atoms with van der Waals surface area (Å²) in [6.45, 7) is 0.386. The second-order valence-electron chi connectivity index (χ2n) is 3.97. The molecular weight excluding hydrogens is 276 g/mol. The summed E-state index contributed by atoms with van der Waals surface area (Å²) >= 11 is 1.24. The number of aryl methyl sites for hydroxylation is 1. The molecule has 0 spiro atoms. The monoisotopic (exact) mass is 285 g/mol. The first-order chi connectivity index (χ1) is 8.46. The lowest BCUT2D eigenvalue weighted by Crippen LogP contribution is -2.45. The van der Waals surface area contributed by atoms with E-state index in [-0.39, 0.29) is 11.3 Å². The number of sulfonamides is 1. The third kappa shape index (κ3) is 1.73. The fourth-order valence-electron chi connectivity index (χ4n) is 1.91. The Labute approximate surface area is 107 Å². The Bertz CT molecular complexity index is 764. The number of carboxylic acid groups (broad SMARTS) is 1. The third-order valence-electron chi connectivity index (χ3n) is 2.78. The molecule has 0 atom stereocenters. The normalized spacial score (nSPS) is 17.1. The van der Waals surface area contributed by atoms with Gasteiger partial charge in [0.25, 0.3) is 0 Å². The number of rotatable bonds is 1. The number of thiazole rings is 1. The first kappa shape index (κ1) is 11.4. The Balaban J connectivity index is 2.21. The highest BCUT2D eigenvalue weighted by Gasteiger charge is 2.31. The lowest BCUT2D eigenvalue weighted by Gasteiger charge is -2.08. The molecule has 1 aliphatic rings. The fourth-order valence-corrected chi connectivity index (χ4v) is 4.34. The summed E-state index contributed by atoms with van der Waals surface area (Å²) in [5.74, 6) is -0.953. The predicted molar refractivity (Wildman–Crippen MR) is 66.4 cm³/mol. The minimum atomic E-state index is -3.25. The van der Waals surface area contributed by atoms with E-state index in [2.05, 4.69) is 4.72 Å². The maximum atomic E-state index is 11.5. The lowest BCUT2D eigenvalue weighted by atomic mass is 10.2. The van der Waals surface area contributed by atoms with Gasteiger partial charge in [-0.05, 0) is 29.5 Å². The molecule has 0 aliphatic carbocycles. The number of nitrogens with one attached hydrogen (secondary N) is 1. The average Bonchev–Trinajstić information content (AvgIpc) is 2.62. The summed E-state index contributed by atoms with van der Waals surface area (Å²) in [7, 11) is -3.25. The van der Waals surface area contributed by atoms with Gasteiger partial charge in [0.1, 0.15) is 17.8 Å². The zero-order valence-corrected chi connectivity index (χ0v) is 10.7. The SMILES string of the molecule is O=C(O)c1ccc2c(c1)sc1[n+]2CCS(=O)(=O)N1. The van der Waals surface area contributed by atoms with Gasteiger partial charge in [0.05, 0.1) is 10.3 Å². The Morgan fingerprint density at radius 2 is 2.22 bits per heavy atom. The third-order valence-corrected chi connectivity index (χ3v) is 5.19. The zero-order valence-electron chi connectivity index (χ0n) is 9.08. The Morgan fingerprint density at radius 3 is 2.94 bits per heavy atom. The van der Waals surface area contributed by atoms with Crippen LogP contribution in [-0.4, -0.2) is 25.2 Å². The zero-order chi connectivity index (χ0) is 12.9. The van der Waals surface area contributed by atoms with Crippen molar-refractivity contribution in [1.29, 1.82) is 0 Å². The molecule has 1 aromatic carbocycles. The van der Waals surface area contributed by atoms with Crippen LogP contribution in [0.4, 0.5) is 5.13 Å². The molecule has 0 saturated carbocycles. The van der Waals surface area contributed by atoms with Crippen molar-refractivity contribution in [3.8, 4) is 0 Å². The number of aromatic nitrogens is 1. The van der Waals surface area contributed by atoms with Gasteiger partial charge in [-0.15, -0.1) is 0 Å². The largest absolute Gasteiger partial charge is 0.478 e. The van der Waals surface area contributed by atoms with Crippen molar-refractivity contribution in [2.24, 2.45) is 0 Å². The van der Waals surface area contributed by atoms with Crippen molar-refractivity contribution in [1.82, 2.24) is 0 Å². The van der Waals surface area contributed by atoms with Crippen molar-refractivity contribution in [2.45, 2.75) is 6.54 Å². The number of fused-ring (bicyclic) bond motifs is 3. The molecule has 2 aromatic rings.